The van der Waals surface area contributed by atoms with Gasteiger partial charge in [-0.3, -0.25) is 0 Å². The van der Waals surface area contributed by atoms with Crippen LogP contribution < -0.4 is 4.90 Å². The van der Waals surface area contributed by atoms with Crippen LogP contribution in [0.3, 0.4) is 0 Å². The highest BCUT2D eigenvalue weighted by molar-refractivity contribution is 5.95. The molecule has 1 spiro atoms. The van der Waals surface area contributed by atoms with Crippen molar-refractivity contribution in [2.75, 3.05) is 4.90 Å². The Morgan fingerprint density at radius 1 is 0.385 bits per heavy atom. The molecule has 0 unspecified atom stereocenters. The average Bonchev–Trinajstić information content (AvgIpc) is 3.98. The molecule has 1 fully saturated rings. The highest BCUT2D eigenvalue weighted by atomic mass is 15.1. The second-order valence-electron chi connectivity index (χ2n) is 21.7. The standard InChI is InChI=1S/C64H61N/c1-61(2,3)44-38-43(39-45(40-44)62(4,5)6)49-21-13-16-29-59(49)65(47-34-35-53-51-23-12-15-28-57(51)64(58(53)41-47)36-17-18-37-64)46-32-30-42(31-33-46)48-20-9-10-22-50(48)54-25-19-26-55-52-24-11-14-27-56(52)63(7,8)60(54)55/h9-16,19-35,38-41H,17-18,36-37H2,1-8H3. The van der Waals surface area contributed by atoms with E-state index >= 15 is 0 Å². The van der Waals surface area contributed by atoms with Crippen LogP contribution in [0.5, 0.6) is 0 Å². The topological polar surface area (TPSA) is 3.24 Å². The maximum absolute atomic E-state index is 2.56. The Morgan fingerprint density at radius 3 is 1.52 bits per heavy atom. The molecule has 1 saturated carbocycles. The summed E-state index contributed by atoms with van der Waals surface area (Å²) in [6, 6.07) is 67.3. The molecule has 0 bridgehead atoms. The average molecular weight is 844 g/mol. The molecular formula is C64H61N. The van der Waals surface area contributed by atoms with Gasteiger partial charge in [-0.25, -0.2) is 0 Å². The normalized spacial score (nSPS) is 15.4. The van der Waals surface area contributed by atoms with Gasteiger partial charge in [-0.05, 0) is 137 Å². The van der Waals surface area contributed by atoms with Crippen LogP contribution in [0.2, 0.25) is 0 Å². The Balaban J connectivity index is 1.08. The molecule has 3 aliphatic rings. The molecule has 0 radical (unpaired) electrons. The van der Waals surface area contributed by atoms with Crippen molar-refractivity contribution in [1.29, 1.82) is 0 Å². The van der Waals surface area contributed by atoms with Crippen molar-refractivity contribution in [1.82, 2.24) is 0 Å². The Morgan fingerprint density at radius 2 is 0.877 bits per heavy atom. The molecule has 0 heterocycles. The van der Waals surface area contributed by atoms with E-state index in [1.807, 2.05) is 0 Å². The fourth-order valence-electron chi connectivity index (χ4n) is 11.9. The van der Waals surface area contributed by atoms with Gasteiger partial charge in [0.1, 0.15) is 0 Å². The fraction of sp³-hybridized carbons (Fsp3) is 0.250. The lowest BCUT2D eigenvalue weighted by atomic mass is 9.76. The van der Waals surface area contributed by atoms with Crippen molar-refractivity contribution in [3.05, 3.63) is 209 Å². The molecule has 3 aliphatic carbocycles. The number of nitrogens with zero attached hydrogens (tertiary/aromatic N) is 1. The monoisotopic (exact) mass is 843 g/mol. The third-order valence-electron chi connectivity index (χ3n) is 15.3. The highest BCUT2D eigenvalue weighted by Gasteiger charge is 2.45. The summed E-state index contributed by atoms with van der Waals surface area (Å²) in [5.41, 5.74) is 25.1. The van der Waals surface area contributed by atoms with Crippen molar-refractivity contribution in [2.45, 2.75) is 103 Å². The van der Waals surface area contributed by atoms with Crippen LogP contribution in [0.15, 0.2) is 176 Å². The third-order valence-corrected chi connectivity index (χ3v) is 15.3. The van der Waals surface area contributed by atoms with E-state index in [4.69, 9.17) is 0 Å². The lowest BCUT2D eigenvalue weighted by molar-refractivity contribution is 0.550. The van der Waals surface area contributed by atoms with E-state index < -0.39 is 0 Å². The highest BCUT2D eigenvalue weighted by Crippen LogP contribution is 2.58. The first-order chi connectivity index (χ1) is 31.2. The van der Waals surface area contributed by atoms with Crippen LogP contribution in [0.1, 0.15) is 114 Å². The number of rotatable bonds is 6. The summed E-state index contributed by atoms with van der Waals surface area (Å²) in [6.45, 7) is 18.8. The van der Waals surface area contributed by atoms with Crippen molar-refractivity contribution < 1.29 is 0 Å². The molecule has 0 saturated heterocycles. The van der Waals surface area contributed by atoms with Gasteiger partial charge in [-0.1, -0.05) is 214 Å². The SMILES string of the molecule is CC(C)(C)c1cc(-c2ccccc2N(c2ccc(-c3ccccc3-c3cccc4c3C(C)(C)c3ccccc3-4)cc2)c2ccc3c(c2)C2(CCCC2)c2ccccc2-3)cc(C(C)(C)C)c1. The summed E-state index contributed by atoms with van der Waals surface area (Å²) in [6.07, 6.45) is 4.94. The zero-order valence-electron chi connectivity index (χ0n) is 39.5. The summed E-state index contributed by atoms with van der Waals surface area (Å²) >= 11 is 0. The molecule has 0 atom stereocenters. The molecule has 1 heteroatoms. The zero-order valence-corrected chi connectivity index (χ0v) is 39.5. The minimum absolute atomic E-state index is 0.000909. The minimum atomic E-state index is -0.109. The Kier molecular flexibility index (Phi) is 9.57. The summed E-state index contributed by atoms with van der Waals surface area (Å²) in [5, 5.41) is 0. The molecule has 0 aromatic heterocycles. The molecule has 65 heavy (non-hydrogen) atoms. The quantitative estimate of drug-likeness (QED) is 0.161. The van der Waals surface area contributed by atoms with Gasteiger partial charge in [0.05, 0.1) is 5.69 Å². The fourth-order valence-corrected chi connectivity index (χ4v) is 11.9. The lowest BCUT2D eigenvalue weighted by Crippen LogP contribution is -2.21. The number of anilines is 3. The molecule has 8 aromatic rings. The molecule has 0 aliphatic heterocycles. The van der Waals surface area contributed by atoms with E-state index in [0.29, 0.717) is 0 Å². The van der Waals surface area contributed by atoms with Gasteiger partial charge in [0.2, 0.25) is 0 Å². The third kappa shape index (κ3) is 6.64. The van der Waals surface area contributed by atoms with Gasteiger partial charge in [-0.2, -0.15) is 0 Å². The van der Waals surface area contributed by atoms with Crippen molar-refractivity contribution in [2.24, 2.45) is 0 Å². The molecule has 322 valence electrons. The molecule has 0 amide bonds. The van der Waals surface area contributed by atoms with Gasteiger partial charge >= 0.3 is 0 Å². The van der Waals surface area contributed by atoms with Crippen LogP contribution in [-0.2, 0) is 21.7 Å². The van der Waals surface area contributed by atoms with E-state index in [-0.39, 0.29) is 21.7 Å². The van der Waals surface area contributed by atoms with Gasteiger partial charge in [0, 0.05) is 27.8 Å². The molecule has 11 rings (SSSR count). The van der Waals surface area contributed by atoms with Crippen LogP contribution in [-0.4, -0.2) is 0 Å². The summed E-state index contributed by atoms with van der Waals surface area (Å²) in [4.78, 5) is 2.54. The first-order valence-corrected chi connectivity index (χ1v) is 24.0. The van der Waals surface area contributed by atoms with Gasteiger partial charge in [0.25, 0.3) is 0 Å². The van der Waals surface area contributed by atoms with Gasteiger partial charge in [-0.15, -0.1) is 0 Å². The molecule has 1 nitrogen and oxygen atoms in total. The Hall–Kier alpha value is -6.44. The molecular weight excluding hydrogens is 783 g/mol. The minimum Gasteiger partial charge on any atom is -0.310 e. The predicted molar refractivity (Wildman–Crippen MR) is 277 cm³/mol. The second kappa shape index (κ2) is 15.1. The zero-order chi connectivity index (χ0) is 44.9. The van der Waals surface area contributed by atoms with Crippen LogP contribution in [0.25, 0.3) is 55.6 Å². The van der Waals surface area contributed by atoms with E-state index in [1.54, 1.807) is 0 Å². The Bertz CT molecular complexity index is 3110. The van der Waals surface area contributed by atoms with E-state index in [9.17, 15) is 0 Å². The maximum atomic E-state index is 2.56. The van der Waals surface area contributed by atoms with Crippen molar-refractivity contribution in [3.63, 3.8) is 0 Å². The molecule has 8 aromatic carbocycles. The Labute approximate surface area is 387 Å². The number of hydrogen-bond donors (Lipinski definition) is 0. The van der Waals surface area contributed by atoms with Crippen molar-refractivity contribution in [3.8, 4) is 55.6 Å². The largest absolute Gasteiger partial charge is 0.310 e. The predicted octanol–water partition coefficient (Wildman–Crippen LogP) is 17.9. The summed E-state index contributed by atoms with van der Waals surface area (Å²) in [7, 11) is 0. The lowest BCUT2D eigenvalue weighted by Gasteiger charge is -2.32. The molecule has 0 N–H and O–H groups in total. The van der Waals surface area contributed by atoms with Crippen molar-refractivity contribution >= 4 is 17.1 Å². The van der Waals surface area contributed by atoms with E-state index in [2.05, 4.69) is 236 Å². The first kappa shape index (κ1) is 41.3. The first-order valence-electron chi connectivity index (χ1n) is 24.0. The summed E-state index contributed by atoms with van der Waals surface area (Å²) < 4.78 is 0. The van der Waals surface area contributed by atoms with E-state index in [0.717, 1.165) is 5.69 Å². The number of para-hydroxylation sites is 1. The number of hydrogen-bond acceptors (Lipinski definition) is 1. The van der Waals surface area contributed by atoms with Crippen LogP contribution in [0.4, 0.5) is 17.1 Å². The van der Waals surface area contributed by atoms with Gasteiger partial charge < -0.3 is 4.90 Å². The number of fused-ring (bicyclic) bond motifs is 8. The van der Waals surface area contributed by atoms with Crippen LogP contribution >= 0.6 is 0 Å². The van der Waals surface area contributed by atoms with E-state index in [1.165, 1.54) is 126 Å². The van der Waals surface area contributed by atoms with Crippen LogP contribution in [0, 0.1) is 0 Å². The smallest absolute Gasteiger partial charge is 0.0540 e. The maximum Gasteiger partial charge on any atom is 0.0540 e. The summed E-state index contributed by atoms with van der Waals surface area (Å²) in [5.74, 6) is 0. The second-order valence-corrected chi connectivity index (χ2v) is 21.7. The van der Waals surface area contributed by atoms with Gasteiger partial charge in [0.15, 0.2) is 0 Å². The number of benzene rings is 8.